The first-order chi connectivity index (χ1) is 3.72. The van der Waals surface area contributed by atoms with Crippen LogP contribution in [0.2, 0.25) is 0 Å². The lowest BCUT2D eigenvalue weighted by Crippen LogP contribution is -2.21. The van der Waals surface area contributed by atoms with Gasteiger partial charge in [0.1, 0.15) is 0 Å². The van der Waals surface area contributed by atoms with Crippen molar-refractivity contribution in [2.75, 3.05) is 0 Å². The van der Waals surface area contributed by atoms with Crippen LogP contribution in [0.4, 0.5) is 0 Å². The van der Waals surface area contributed by atoms with E-state index < -0.39 is 12.2 Å². The lowest BCUT2D eigenvalue weighted by molar-refractivity contribution is 0.0468. The second-order valence-corrected chi connectivity index (χ2v) is 1.70. The van der Waals surface area contributed by atoms with Crippen molar-refractivity contribution in [2.45, 2.75) is 25.6 Å². The van der Waals surface area contributed by atoms with Crippen LogP contribution in [0.1, 0.15) is 13.3 Å². The summed E-state index contributed by atoms with van der Waals surface area (Å²) in [7, 11) is 0. The highest BCUT2D eigenvalue weighted by atomic mass is 16.3. The van der Waals surface area contributed by atoms with Gasteiger partial charge in [-0.05, 0) is 6.42 Å². The molecule has 2 atom stereocenters. The summed E-state index contributed by atoms with van der Waals surface area (Å²) in [5, 5.41) is 17.6. The zero-order valence-corrected chi connectivity index (χ0v) is 5.04. The first-order valence-electron chi connectivity index (χ1n) is 2.71. The van der Waals surface area contributed by atoms with Gasteiger partial charge in [-0.2, -0.15) is 0 Å². The predicted molar refractivity (Wildman–Crippen MR) is 32.5 cm³/mol. The number of rotatable bonds is 3. The Kier molecular flexibility index (Phi) is 3.48. The van der Waals surface area contributed by atoms with Crippen LogP contribution in [0, 0.1) is 0 Å². The molecule has 0 rings (SSSR count). The fraction of sp³-hybridized carbons (Fsp3) is 0.667. The van der Waals surface area contributed by atoms with E-state index in [1.165, 1.54) is 6.08 Å². The molecule has 2 heteroatoms. The van der Waals surface area contributed by atoms with Crippen molar-refractivity contribution < 1.29 is 10.2 Å². The van der Waals surface area contributed by atoms with Crippen molar-refractivity contribution in [1.29, 1.82) is 0 Å². The number of aliphatic hydroxyl groups is 2. The Balaban J connectivity index is 3.44. The van der Waals surface area contributed by atoms with Crippen LogP contribution in [0.15, 0.2) is 12.7 Å². The Bertz CT molecular complexity index is 70.9. The summed E-state index contributed by atoms with van der Waals surface area (Å²) in [6, 6.07) is 0. The third-order valence-corrected chi connectivity index (χ3v) is 1.05. The van der Waals surface area contributed by atoms with Crippen LogP contribution in [0.3, 0.4) is 0 Å². The van der Waals surface area contributed by atoms with Crippen molar-refractivity contribution in [3.63, 3.8) is 0 Å². The average Bonchev–Trinajstić information content (AvgIpc) is 1.84. The molecule has 0 unspecified atom stereocenters. The van der Waals surface area contributed by atoms with E-state index in [1.54, 1.807) is 6.92 Å². The third-order valence-electron chi connectivity index (χ3n) is 1.05. The Hall–Kier alpha value is -0.340. The average molecular weight is 116 g/mol. The highest BCUT2D eigenvalue weighted by molar-refractivity contribution is 4.83. The van der Waals surface area contributed by atoms with E-state index in [1.807, 2.05) is 0 Å². The molecule has 0 aromatic heterocycles. The van der Waals surface area contributed by atoms with Crippen LogP contribution >= 0.6 is 0 Å². The molecule has 0 saturated heterocycles. The topological polar surface area (TPSA) is 40.5 Å². The van der Waals surface area contributed by atoms with Gasteiger partial charge in [0.25, 0.3) is 0 Å². The van der Waals surface area contributed by atoms with Crippen molar-refractivity contribution in [3.8, 4) is 0 Å². The molecule has 0 aliphatic rings. The minimum absolute atomic E-state index is 0.563. The quantitative estimate of drug-likeness (QED) is 0.521. The summed E-state index contributed by atoms with van der Waals surface area (Å²) in [6.07, 6.45) is 0.481. The van der Waals surface area contributed by atoms with E-state index in [0.717, 1.165) is 0 Å². The molecule has 0 spiro atoms. The number of hydrogen-bond acceptors (Lipinski definition) is 2. The fourth-order valence-corrected chi connectivity index (χ4v) is 0.399. The van der Waals surface area contributed by atoms with E-state index in [4.69, 9.17) is 10.2 Å². The summed E-state index contributed by atoms with van der Waals surface area (Å²) in [5.41, 5.74) is 0. The van der Waals surface area contributed by atoms with Crippen LogP contribution in [0.25, 0.3) is 0 Å². The molecule has 8 heavy (non-hydrogen) atoms. The number of hydrogen-bond donors (Lipinski definition) is 2. The second-order valence-electron chi connectivity index (χ2n) is 1.70. The molecule has 0 saturated carbocycles. The maximum Gasteiger partial charge on any atom is 0.0977 e. The fourth-order valence-electron chi connectivity index (χ4n) is 0.399. The highest BCUT2D eigenvalue weighted by Gasteiger charge is 2.07. The summed E-state index contributed by atoms with van der Waals surface area (Å²) in [5.74, 6) is 0. The van der Waals surface area contributed by atoms with Gasteiger partial charge in [0.2, 0.25) is 0 Å². The Morgan fingerprint density at radius 3 is 2.25 bits per heavy atom. The van der Waals surface area contributed by atoms with Gasteiger partial charge in [0, 0.05) is 0 Å². The lowest BCUT2D eigenvalue weighted by atomic mass is 10.1. The molecule has 0 aliphatic heterocycles. The van der Waals surface area contributed by atoms with Gasteiger partial charge in [-0.3, -0.25) is 0 Å². The van der Waals surface area contributed by atoms with Crippen molar-refractivity contribution >= 4 is 0 Å². The smallest absolute Gasteiger partial charge is 0.0977 e. The van der Waals surface area contributed by atoms with E-state index in [9.17, 15) is 0 Å². The minimum Gasteiger partial charge on any atom is -0.390 e. The molecule has 0 aromatic carbocycles. The van der Waals surface area contributed by atoms with Crippen molar-refractivity contribution in [1.82, 2.24) is 0 Å². The predicted octanol–water partition coefficient (Wildman–Crippen LogP) is 0.304. The molecule has 2 nitrogen and oxygen atoms in total. The maximum atomic E-state index is 8.81. The van der Waals surface area contributed by atoms with Crippen LogP contribution in [0.5, 0.6) is 0 Å². The highest BCUT2D eigenvalue weighted by Crippen LogP contribution is 1.97. The minimum atomic E-state index is -0.764. The zero-order chi connectivity index (χ0) is 6.57. The largest absolute Gasteiger partial charge is 0.390 e. The molecule has 0 bridgehead atoms. The first kappa shape index (κ1) is 7.66. The van der Waals surface area contributed by atoms with E-state index in [0.29, 0.717) is 6.42 Å². The maximum absolute atomic E-state index is 8.81. The summed E-state index contributed by atoms with van der Waals surface area (Å²) >= 11 is 0. The van der Waals surface area contributed by atoms with Gasteiger partial charge in [-0.15, -0.1) is 6.58 Å². The van der Waals surface area contributed by atoms with Gasteiger partial charge < -0.3 is 10.2 Å². The zero-order valence-electron chi connectivity index (χ0n) is 5.04. The normalized spacial score (nSPS) is 17.4. The molecule has 48 valence electrons. The van der Waals surface area contributed by atoms with Gasteiger partial charge in [-0.1, -0.05) is 13.0 Å². The standard InChI is InChI=1S/C6H12O2/c1-3-5(7)6(8)4-2/h3,5-8H,1,4H2,2H3/t5-,6+/m1/s1. The summed E-state index contributed by atoms with van der Waals surface area (Å²) in [4.78, 5) is 0. The van der Waals surface area contributed by atoms with Crippen LogP contribution < -0.4 is 0 Å². The Labute approximate surface area is 49.5 Å². The lowest BCUT2D eigenvalue weighted by Gasteiger charge is -2.09. The van der Waals surface area contributed by atoms with E-state index in [-0.39, 0.29) is 0 Å². The molecule has 0 radical (unpaired) electrons. The summed E-state index contributed by atoms with van der Waals surface area (Å²) < 4.78 is 0. The van der Waals surface area contributed by atoms with Gasteiger partial charge in [0.05, 0.1) is 12.2 Å². The summed E-state index contributed by atoms with van der Waals surface area (Å²) in [6.45, 7) is 5.12. The molecule has 0 aliphatic carbocycles. The van der Waals surface area contributed by atoms with Crippen molar-refractivity contribution in [3.05, 3.63) is 12.7 Å². The molecule has 2 N–H and O–H groups in total. The SMILES string of the molecule is C=C[C@@H](O)[C@@H](O)CC. The van der Waals surface area contributed by atoms with Gasteiger partial charge >= 0.3 is 0 Å². The first-order valence-corrected chi connectivity index (χ1v) is 2.71. The third kappa shape index (κ3) is 2.09. The molecule has 0 aromatic rings. The van der Waals surface area contributed by atoms with E-state index >= 15 is 0 Å². The second kappa shape index (κ2) is 3.64. The molecule has 0 fully saturated rings. The van der Waals surface area contributed by atoms with E-state index in [2.05, 4.69) is 6.58 Å². The van der Waals surface area contributed by atoms with Crippen molar-refractivity contribution in [2.24, 2.45) is 0 Å². The Morgan fingerprint density at radius 2 is 2.12 bits per heavy atom. The molecular formula is C6H12O2. The van der Waals surface area contributed by atoms with Crippen LogP contribution in [-0.2, 0) is 0 Å². The number of aliphatic hydroxyl groups excluding tert-OH is 2. The van der Waals surface area contributed by atoms with Gasteiger partial charge in [0.15, 0.2) is 0 Å². The monoisotopic (exact) mass is 116 g/mol. The van der Waals surface area contributed by atoms with Crippen LogP contribution in [-0.4, -0.2) is 22.4 Å². The Morgan fingerprint density at radius 1 is 1.62 bits per heavy atom. The molecule has 0 heterocycles. The molecule has 0 amide bonds. The van der Waals surface area contributed by atoms with Gasteiger partial charge in [-0.25, -0.2) is 0 Å². The molecular weight excluding hydrogens is 104 g/mol.